The standard InChI is InChI=1S/C16H16N6O5/c1-11-13(21(24)25)9-12(10-14(11)22(26)27)15(23)19-5-7-20(8-6-19)16-17-3-2-4-18-16/h2-4,9-10H,5-8H2,1H3. The van der Waals surface area contributed by atoms with Gasteiger partial charge in [-0.15, -0.1) is 0 Å². The zero-order valence-corrected chi connectivity index (χ0v) is 14.4. The summed E-state index contributed by atoms with van der Waals surface area (Å²) < 4.78 is 0. The smallest absolute Gasteiger partial charge is 0.279 e. The average molecular weight is 372 g/mol. The molecule has 0 spiro atoms. The number of nitrogens with zero attached hydrogens (tertiary/aromatic N) is 6. The summed E-state index contributed by atoms with van der Waals surface area (Å²) in [5.74, 6) is 0.0843. The minimum absolute atomic E-state index is 0.0663. The Labute approximate surface area is 153 Å². The Balaban J connectivity index is 1.80. The minimum atomic E-state index is -0.718. The number of amides is 1. The van der Waals surface area contributed by atoms with Crippen LogP contribution in [0.4, 0.5) is 17.3 Å². The van der Waals surface area contributed by atoms with Crippen LogP contribution in [0.5, 0.6) is 0 Å². The van der Waals surface area contributed by atoms with Crippen molar-refractivity contribution in [3.05, 3.63) is 61.9 Å². The van der Waals surface area contributed by atoms with Gasteiger partial charge in [-0.25, -0.2) is 9.97 Å². The molecule has 1 aliphatic rings. The first-order valence-corrected chi connectivity index (χ1v) is 8.13. The quantitative estimate of drug-likeness (QED) is 0.583. The van der Waals surface area contributed by atoms with Gasteiger partial charge >= 0.3 is 0 Å². The van der Waals surface area contributed by atoms with Crippen LogP contribution in [0.1, 0.15) is 15.9 Å². The number of carbonyl (C=O) groups is 1. The molecule has 0 saturated carbocycles. The van der Waals surface area contributed by atoms with Crippen LogP contribution in [0.15, 0.2) is 30.6 Å². The summed E-state index contributed by atoms with van der Waals surface area (Å²) in [6.07, 6.45) is 3.26. The maximum atomic E-state index is 12.7. The zero-order chi connectivity index (χ0) is 19.6. The van der Waals surface area contributed by atoms with E-state index in [-0.39, 0.29) is 11.1 Å². The fourth-order valence-corrected chi connectivity index (χ4v) is 2.93. The van der Waals surface area contributed by atoms with Crippen molar-refractivity contribution in [2.24, 2.45) is 0 Å². The van der Waals surface area contributed by atoms with Crippen molar-refractivity contribution in [3.63, 3.8) is 0 Å². The van der Waals surface area contributed by atoms with E-state index in [1.165, 1.54) is 11.8 Å². The third-order valence-corrected chi connectivity index (χ3v) is 4.40. The van der Waals surface area contributed by atoms with Gasteiger partial charge in [0.2, 0.25) is 5.95 Å². The number of hydrogen-bond acceptors (Lipinski definition) is 8. The normalized spacial score (nSPS) is 14.1. The summed E-state index contributed by atoms with van der Waals surface area (Å²) in [7, 11) is 0. The molecule has 11 heteroatoms. The molecule has 0 radical (unpaired) electrons. The van der Waals surface area contributed by atoms with Crippen molar-refractivity contribution in [1.82, 2.24) is 14.9 Å². The first-order chi connectivity index (χ1) is 12.9. The molecule has 2 heterocycles. The molecular weight excluding hydrogens is 356 g/mol. The van der Waals surface area contributed by atoms with E-state index in [4.69, 9.17) is 0 Å². The molecule has 1 aliphatic heterocycles. The molecule has 27 heavy (non-hydrogen) atoms. The summed E-state index contributed by atoms with van der Waals surface area (Å²) in [6, 6.07) is 3.90. The van der Waals surface area contributed by atoms with Gasteiger partial charge in [0, 0.05) is 50.7 Å². The van der Waals surface area contributed by atoms with Crippen molar-refractivity contribution in [3.8, 4) is 0 Å². The van der Waals surface area contributed by atoms with E-state index in [2.05, 4.69) is 9.97 Å². The van der Waals surface area contributed by atoms with Crippen LogP contribution in [0.25, 0.3) is 0 Å². The SMILES string of the molecule is Cc1c([N+](=O)[O-])cc(C(=O)N2CCN(c3ncccn3)CC2)cc1[N+](=O)[O-]. The predicted molar refractivity (Wildman–Crippen MR) is 94.6 cm³/mol. The first kappa shape index (κ1) is 18.2. The molecule has 2 aromatic rings. The van der Waals surface area contributed by atoms with E-state index >= 15 is 0 Å². The number of rotatable bonds is 4. The maximum absolute atomic E-state index is 12.7. The highest BCUT2D eigenvalue weighted by Crippen LogP contribution is 2.30. The molecule has 11 nitrogen and oxygen atoms in total. The number of hydrogen-bond donors (Lipinski definition) is 0. The van der Waals surface area contributed by atoms with Gasteiger partial charge in [-0.05, 0) is 13.0 Å². The number of aromatic nitrogens is 2. The van der Waals surface area contributed by atoms with Crippen LogP contribution in [-0.4, -0.2) is 56.8 Å². The molecule has 0 N–H and O–H groups in total. The van der Waals surface area contributed by atoms with E-state index in [9.17, 15) is 25.0 Å². The van der Waals surface area contributed by atoms with E-state index in [1.807, 2.05) is 4.90 Å². The van der Waals surface area contributed by atoms with Gasteiger partial charge in [-0.1, -0.05) is 0 Å². The van der Waals surface area contributed by atoms with E-state index in [1.54, 1.807) is 18.5 Å². The van der Waals surface area contributed by atoms with Crippen LogP contribution < -0.4 is 4.90 Å². The van der Waals surface area contributed by atoms with Crippen molar-refractivity contribution in [1.29, 1.82) is 0 Å². The lowest BCUT2D eigenvalue weighted by Gasteiger charge is -2.34. The summed E-state index contributed by atoms with van der Waals surface area (Å²) >= 11 is 0. The molecule has 0 bridgehead atoms. The number of nitro groups is 2. The lowest BCUT2D eigenvalue weighted by molar-refractivity contribution is -0.395. The number of benzene rings is 1. The molecule has 0 atom stereocenters. The molecule has 1 fully saturated rings. The molecule has 0 aliphatic carbocycles. The van der Waals surface area contributed by atoms with E-state index in [0.717, 1.165) is 12.1 Å². The fraction of sp³-hybridized carbons (Fsp3) is 0.312. The minimum Gasteiger partial charge on any atom is -0.337 e. The Kier molecular flexibility index (Phi) is 4.92. The molecular formula is C16H16N6O5. The number of anilines is 1. The second-order valence-corrected chi connectivity index (χ2v) is 5.98. The van der Waals surface area contributed by atoms with E-state index < -0.39 is 27.1 Å². The largest absolute Gasteiger partial charge is 0.337 e. The van der Waals surface area contributed by atoms with Crippen LogP contribution in [-0.2, 0) is 0 Å². The van der Waals surface area contributed by atoms with Gasteiger partial charge in [-0.3, -0.25) is 25.0 Å². The van der Waals surface area contributed by atoms with Gasteiger partial charge in [0.05, 0.1) is 15.4 Å². The topological polar surface area (TPSA) is 136 Å². The average Bonchev–Trinajstić information content (AvgIpc) is 2.68. The van der Waals surface area contributed by atoms with Crippen LogP contribution in [0, 0.1) is 27.2 Å². The first-order valence-electron chi connectivity index (χ1n) is 8.13. The molecule has 0 unspecified atom stereocenters. The third kappa shape index (κ3) is 3.66. The molecule has 3 rings (SSSR count). The highest BCUT2D eigenvalue weighted by Gasteiger charge is 2.29. The predicted octanol–water partition coefficient (Wildman–Crippen LogP) is 1.56. The fourth-order valence-electron chi connectivity index (χ4n) is 2.93. The number of piperazine rings is 1. The summed E-state index contributed by atoms with van der Waals surface area (Å²) in [5.41, 5.74) is -1.02. The lowest BCUT2D eigenvalue weighted by Crippen LogP contribution is -2.49. The Hall–Kier alpha value is -3.63. The van der Waals surface area contributed by atoms with Crippen LogP contribution >= 0.6 is 0 Å². The Morgan fingerprint density at radius 2 is 1.52 bits per heavy atom. The lowest BCUT2D eigenvalue weighted by atomic mass is 10.1. The van der Waals surface area contributed by atoms with Crippen molar-refractivity contribution >= 4 is 23.2 Å². The van der Waals surface area contributed by atoms with Crippen LogP contribution in [0.2, 0.25) is 0 Å². The number of carbonyl (C=O) groups excluding carboxylic acids is 1. The van der Waals surface area contributed by atoms with Gasteiger partial charge < -0.3 is 9.80 Å². The van der Waals surface area contributed by atoms with Gasteiger partial charge in [0.1, 0.15) is 5.56 Å². The van der Waals surface area contributed by atoms with Gasteiger partial charge in [0.15, 0.2) is 0 Å². The molecule has 140 valence electrons. The van der Waals surface area contributed by atoms with Crippen molar-refractivity contribution < 1.29 is 14.6 Å². The molecule has 1 aromatic heterocycles. The van der Waals surface area contributed by atoms with Crippen molar-refractivity contribution in [2.75, 3.05) is 31.1 Å². The van der Waals surface area contributed by atoms with E-state index in [0.29, 0.717) is 32.1 Å². The van der Waals surface area contributed by atoms with Crippen LogP contribution in [0.3, 0.4) is 0 Å². The Bertz CT molecular complexity index is 860. The molecule has 1 amide bonds. The maximum Gasteiger partial charge on any atom is 0.279 e. The van der Waals surface area contributed by atoms with Gasteiger partial charge in [-0.2, -0.15) is 0 Å². The molecule has 1 saturated heterocycles. The summed E-state index contributed by atoms with van der Waals surface area (Å²) in [4.78, 5) is 45.4. The second-order valence-electron chi connectivity index (χ2n) is 5.98. The summed E-state index contributed by atoms with van der Waals surface area (Å²) in [6.45, 7) is 2.99. The van der Waals surface area contributed by atoms with Gasteiger partial charge in [0.25, 0.3) is 17.3 Å². The number of nitro benzene ring substituents is 2. The summed E-state index contributed by atoms with van der Waals surface area (Å²) in [5, 5.41) is 22.4. The Morgan fingerprint density at radius 1 is 1.00 bits per heavy atom. The third-order valence-electron chi connectivity index (χ3n) is 4.40. The van der Waals surface area contributed by atoms with Crippen molar-refractivity contribution in [2.45, 2.75) is 6.92 Å². The zero-order valence-electron chi connectivity index (χ0n) is 14.4. The monoisotopic (exact) mass is 372 g/mol. The highest BCUT2D eigenvalue weighted by molar-refractivity contribution is 5.96. The Morgan fingerprint density at radius 3 is 2.00 bits per heavy atom. The highest BCUT2D eigenvalue weighted by atomic mass is 16.6. The second kappa shape index (κ2) is 7.32. The molecule has 1 aromatic carbocycles.